The van der Waals surface area contributed by atoms with Crippen molar-refractivity contribution in [1.29, 1.82) is 0 Å². The average Bonchev–Trinajstić information content (AvgIpc) is 3.85. The van der Waals surface area contributed by atoms with Crippen molar-refractivity contribution in [2.24, 2.45) is 0 Å². The first-order chi connectivity index (χ1) is 31.3. The minimum absolute atomic E-state index is 0.452. The Bertz CT molecular complexity index is 3520. The van der Waals surface area contributed by atoms with E-state index >= 15 is 0 Å². The van der Waals surface area contributed by atoms with Gasteiger partial charge >= 0.3 is 0 Å². The van der Waals surface area contributed by atoms with Crippen molar-refractivity contribution in [3.63, 3.8) is 0 Å². The summed E-state index contributed by atoms with van der Waals surface area (Å²) in [5, 5.41) is 2.48. The first kappa shape index (κ1) is 35.5. The minimum atomic E-state index is -0.452. The third-order valence-electron chi connectivity index (χ3n) is 13.6. The van der Waals surface area contributed by atoms with E-state index in [1.54, 1.807) is 0 Å². The van der Waals surface area contributed by atoms with E-state index < -0.39 is 5.41 Å². The maximum Gasteiger partial charge on any atom is 0.0754 e. The fourth-order valence-corrected chi connectivity index (χ4v) is 11.0. The molecule has 0 N–H and O–H groups in total. The largest absolute Gasteiger partial charge is 0.309 e. The van der Waals surface area contributed by atoms with E-state index in [2.05, 4.69) is 252 Å². The zero-order valence-electron chi connectivity index (χ0n) is 34.5. The third-order valence-corrected chi connectivity index (χ3v) is 13.6. The van der Waals surface area contributed by atoms with Crippen LogP contribution in [0.1, 0.15) is 22.3 Å². The Kier molecular flexibility index (Phi) is 7.85. The van der Waals surface area contributed by atoms with Gasteiger partial charge in [-0.25, -0.2) is 0 Å². The molecule has 11 aromatic rings. The van der Waals surface area contributed by atoms with Gasteiger partial charge in [0, 0.05) is 27.6 Å². The molecule has 1 aromatic heterocycles. The molecule has 1 aliphatic carbocycles. The predicted molar refractivity (Wildman–Crippen MR) is 263 cm³/mol. The van der Waals surface area contributed by atoms with Crippen LogP contribution in [0, 0.1) is 0 Å². The molecule has 294 valence electrons. The van der Waals surface area contributed by atoms with Crippen molar-refractivity contribution in [3.8, 4) is 50.2 Å². The van der Waals surface area contributed by atoms with E-state index in [1.807, 2.05) is 0 Å². The van der Waals surface area contributed by atoms with E-state index in [0.717, 1.165) is 22.6 Å². The maximum absolute atomic E-state index is 2.54. The molecule has 1 aliphatic heterocycles. The number of hydrogen-bond donors (Lipinski definition) is 0. The Morgan fingerprint density at radius 1 is 0.317 bits per heavy atom. The Morgan fingerprint density at radius 2 is 0.794 bits per heavy atom. The lowest BCUT2D eigenvalue weighted by Gasteiger charge is -2.39. The van der Waals surface area contributed by atoms with Crippen molar-refractivity contribution in [1.82, 2.24) is 4.57 Å². The van der Waals surface area contributed by atoms with Gasteiger partial charge in [0.2, 0.25) is 0 Å². The molecule has 13 rings (SSSR count). The number of nitrogens with zero attached hydrogens (tertiary/aromatic N) is 2. The molecular weight excluding hydrogens is 761 g/mol. The molecule has 2 nitrogen and oxygen atoms in total. The number of benzene rings is 10. The van der Waals surface area contributed by atoms with Crippen LogP contribution in [-0.2, 0) is 5.41 Å². The van der Waals surface area contributed by atoms with Gasteiger partial charge in [0.25, 0.3) is 0 Å². The Labute approximate surface area is 367 Å². The SMILES string of the molecule is c1ccc(-c2ccc(-c3ccccc3N(c3ccc4c(c3)c3cccc5c3n4-c3ccccc3C53c4ccccc4-c4ccccc43)c3ccccc3-c3ccccc3)cc2)cc1. The molecule has 0 saturated carbocycles. The van der Waals surface area contributed by atoms with Crippen molar-refractivity contribution >= 4 is 38.9 Å². The van der Waals surface area contributed by atoms with Crippen LogP contribution in [-0.4, -0.2) is 4.57 Å². The van der Waals surface area contributed by atoms with Crippen molar-refractivity contribution < 1.29 is 0 Å². The highest BCUT2D eigenvalue weighted by atomic mass is 15.1. The highest BCUT2D eigenvalue weighted by Crippen LogP contribution is 2.61. The van der Waals surface area contributed by atoms with Gasteiger partial charge in [0.1, 0.15) is 0 Å². The van der Waals surface area contributed by atoms with Crippen LogP contribution < -0.4 is 4.90 Å². The molecule has 0 unspecified atom stereocenters. The summed E-state index contributed by atoms with van der Waals surface area (Å²) >= 11 is 0. The van der Waals surface area contributed by atoms with Crippen LogP contribution in [0.3, 0.4) is 0 Å². The first-order valence-corrected chi connectivity index (χ1v) is 21.9. The van der Waals surface area contributed by atoms with Crippen LogP contribution in [0.4, 0.5) is 17.1 Å². The lowest BCUT2D eigenvalue weighted by molar-refractivity contribution is 0.748. The number of para-hydroxylation sites is 4. The van der Waals surface area contributed by atoms with Crippen LogP contribution in [0.2, 0.25) is 0 Å². The summed E-state index contributed by atoms with van der Waals surface area (Å²) < 4.78 is 2.54. The average molecular weight is 801 g/mol. The van der Waals surface area contributed by atoms with Crippen molar-refractivity contribution in [2.45, 2.75) is 5.41 Å². The normalized spacial score (nSPS) is 12.9. The molecular formula is C61H40N2. The fraction of sp³-hybridized carbons (Fsp3) is 0.0164. The van der Waals surface area contributed by atoms with E-state index in [4.69, 9.17) is 0 Å². The van der Waals surface area contributed by atoms with E-state index in [1.165, 1.54) is 88.7 Å². The summed E-state index contributed by atoms with van der Waals surface area (Å²) in [6.45, 7) is 0. The van der Waals surface area contributed by atoms with Gasteiger partial charge in [0.15, 0.2) is 0 Å². The smallest absolute Gasteiger partial charge is 0.0754 e. The molecule has 0 radical (unpaired) electrons. The molecule has 0 saturated heterocycles. The summed E-state index contributed by atoms with van der Waals surface area (Å²) in [4.78, 5) is 2.48. The molecule has 0 amide bonds. The standard InChI is InChI=1S/C61H40N2/c1-3-18-41(19-4-1)42-34-36-44(37-35-42)47-23-10-15-32-57(47)62(56-31-14-9-22-46(56)43-20-5-2-6-21-43)45-38-39-58-51(40-45)50-26-17-30-55-60(50)63(58)59-33-16-13-29-54(59)61(55)52-27-11-7-24-48(52)49-25-8-12-28-53(49)61/h1-40H. The van der Waals surface area contributed by atoms with Gasteiger partial charge < -0.3 is 9.47 Å². The topological polar surface area (TPSA) is 8.17 Å². The molecule has 0 fully saturated rings. The molecule has 63 heavy (non-hydrogen) atoms. The Morgan fingerprint density at radius 3 is 1.44 bits per heavy atom. The van der Waals surface area contributed by atoms with E-state index in [-0.39, 0.29) is 0 Å². The van der Waals surface area contributed by atoms with Gasteiger partial charge in [-0.05, 0) is 92.0 Å². The van der Waals surface area contributed by atoms with Gasteiger partial charge in [0.05, 0.1) is 33.5 Å². The second kappa shape index (κ2) is 13.9. The van der Waals surface area contributed by atoms with Gasteiger partial charge in [-0.15, -0.1) is 0 Å². The first-order valence-electron chi connectivity index (χ1n) is 21.9. The van der Waals surface area contributed by atoms with Gasteiger partial charge in [-0.3, -0.25) is 0 Å². The highest BCUT2D eigenvalue weighted by molar-refractivity contribution is 6.14. The number of fused-ring (bicyclic) bond motifs is 12. The molecule has 10 aromatic carbocycles. The molecule has 2 heterocycles. The predicted octanol–water partition coefficient (Wildman–Crippen LogP) is 15.9. The maximum atomic E-state index is 2.54. The second-order valence-electron chi connectivity index (χ2n) is 16.8. The van der Waals surface area contributed by atoms with E-state index in [0.29, 0.717) is 0 Å². The van der Waals surface area contributed by atoms with Gasteiger partial charge in [-0.2, -0.15) is 0 Å². The number of rotatable bonds is 6. The number of hydrogen-bond acceptors (Lipinski definition) is 1. The minimum Gasteiger partial charge on any atom is -0.309 e. The van der Waals surface area contributed by atoms with Crippen LogP contribution in [0.15, 0.2) is 243 Å². The highest BCUT2D eigenvalue weighted by Gasteiger charge is 2.50. The lowest BCUT2D eigenvalue weighted by atomic mass is 9.65. The summed E-state index contributed by atoms with van der Waals surface area (Å²) in [6.07, 6.45) is 0. The summed E-state index contributed by atoms with van der Waals surface area (Å²) in [5.74, 6) is 0. The zero-order chi connectivity index (χ0) is 41.5. The molecule has 0 atom stereocenters. The quantitative estimate of drug-likeness (QED) is 0.163. The van der Waals surface area contributed by atoms with Crippen LogP contribution in [0.5, 0.6) is 0 Å². The molecule has 1 spiro atoms. The molecule has 2 aliphatic rings. The third kappa shape index (κ3) is 5.13. The van der Waals surface area contributed by atoms with E-state index in [9.17, 15) is 0 Å². The summed E-state index contributed by atoms with van der Waals surface area (Å²) in [5.41, 5.74) is 21.6. The lowest BCUT2D eigenvalue weighted by Crippen LogP contribution is -2.33. The zero-order valence-corrected chi connectivity index (χ0v) is 34.5. The monoisotopic (exact) mass is 800 g/mol. The number of aromatic nitrogens is 1. The van der Waals surface area contributed by atoms with Gasteiger partial charge in [-0.1, -0.05) is 206 Å². The van der Waals surface area contributed by atoms with Crippen molar-refractivity contribution in [3.05, 3.63) is 265 Å². The fourth-order valence-electron chi connectivity index (χ4n) is 11.0. The Balaban J connectivity index is 1.07. The second-order valence-corrected chi connectivity index (χ2v) is 16.8. The summed E-state index contributed by atoms with van der Waals surface area (Å²) in [6, 6.07) is 89.5. The van der Waals surface area contributed by atoms with Crippen LogP contribution in [0.25, 0.3) is 72.0 Å². The molecule has 2 heteroatoms. The number of anilines is 3. The van der Waals surface area contributed by atoms with Crippen LogP contribution >= 0.6 is 0 Å². The summed E-state index contributed by atoms with van der Waals surface area (Å²) in [7, 11) is 0. The molecule has 0 bridgehead atoms. The Hall–Kier alpha value is -8.20. The van der Waals surface area contributed by atoms with Crippen molar-refractivity contribution in [2.75, 3.05) is 4.90 Å².